The van der Waals surface area contributed by atoms with Crippen molar-refractivity contribution in [1.82, 2.24) is 15.3 Å². The van der Waals surface area contributed by atoms with Gasteiger partial charge < -0.3 is 0 Å². The molecule has 0 unspecified atom stereocenters. The lowest BCUT2D eigenvalue weighted by atomic mass is 9.91. The molecule has 124 valence electrons. The van der Waals surface area contributed by atoms with Crippen LogP contribution in [0.4, 0.5) is 0 Å². The quantitative estimate of drug-likeness (QED) is 0.608. The van der Waals surface area contributed by atoms with Crippen molar-refractivity contribution < 1.29 is 10.0 Å². The molecule has 0 spiro atoms. The maximum atomic E-state index is 11.4. The van der Waals surface area contributed by atoms with Crippen molar-refractivity contribution >= 4 is 5.91 Å². The number of hydrogen-bond acceptors (Lipinski definition) is 3. The number of carbonyl (C=O) groups is 1. The highest BCUT2D eigenvalue weighted by Crippen LogP contribution is 2.27. The van der Waals surface area contributed by atoms with E-state index < -0.39 is 0 Å². The first-order valence-corrected chi connectivity index (χ1v) is 8.03. The van der Waals surface area contributed by atoms with Crippen molar-refractivity contribution in [2.24, 2.45) is 0 Å². The molecule has 1 heterocycles. The molecule has 1 amide bonds. The van der Waals surface area contributed by atoms with Gasteiger partial charge >= 0.3 is 0 Å². The summed E-state index contributed by atoms with van der Waals surface area (Å²) in [5.74, 6) is -0.172. The number of hydrogen-bond donors (Lipinski definition) is 2. The lowest BCUT2D eigenvalue weighted by Crippen LogP contribution is -2.20. The zero-order valence-corrected chi connectivity index (χ0v) is 14.0. The number of amides is 1. The molecule has 2 aromatic rings. The summed E-state index contributed by atoms with van der Waals surface area (Å²) >= 11 is 0. The van der Waals surface area contributed by atoms with Crippen LogP contribution >= 0.6 is 0 Å². The standard InChI is InChI=1S/C18H25N3O2/c1-13(2)21-17(10-11-19-21)16(8-9-18(22)20-23)12-15-6-4-14(3)5-7-15/h4-7,10-11,13,16,23H,8-9,12H2,1-3H3,(H,20,22)/t16-/m1/s1. The van der Waals surface area contributed by atoms with Crippen LogP contribution in [0.5, 0.6) is 0 Å². The fraction of sp³-hybridized carbons (Fsp3) is 0.444. The second kappa shape index (κ2) is 7.92. The van der Waals surface area contributed by atoms with E-state index in [9.17, 15) is 4.79 Å². The van der Waals surface area contributed by atoms with E-state index in [0.717, 1.165) is 12.1 Å². The molecule has 5 heteroatoms. The molecular weight excluding hydrogens is 290 g/mol. The number of aromatic nitrogens is 2. The molecule has 0 aliphatic heterocycles. The summed E-state index contributed by atoms with van der Waals surface area (Å²) in [4.78, 5) is 11.4. The fourth-order valence-corrected chi connectivity index (χ4v) is 2.80. The van der Waals surface area contributed by atoms with Gasteiger partial charge in [0.1, 0.15) is 0 Å². The van der Waals surface area contributed by atoms with Gasteiger partial charge in [0.25, 0.3) is 0 Å². The Morgan fingerprint density at radius 1 is 1.26 bits per heavy atom. The summed E-state index contributed by atoms with van der Waals surface area (Å²) in [6.45, 7) is 6.26. The normalized spacial score (nSPS) is 12.4. The maximum Gasteiger partial charge on any atom is 0.243 e. The van der Waals surface area contributed by atoms with Crippen molar-refractivity contribution in [2.45, 2.75) is 52.0 Å². The van der Waals surface area contributed by atoms with Gasteiger partial charge in [0.05, 0.1) is 0 Å². The van der Waals surface area contributed by atoms with Crippen LogP contribution < -0.4 is 5.48 Å². The average molecular weight is 315 g/mol. The molecule has 0 saturated carbocycles. The Bertz CT molecular complexity index is 632. The second-order valence-corrected chi connectivity index (χ2v) is 6.25. The van der Waals surface area contributed by atoms with Gasteiger partial charge in [0.2, 0.25) is 5.91 Å². The number of nitrogens with zero attached hydrogens (tertiary/aromatic N) is 2. The summed E-state index contributed by atoms with van der Waals surface area (Å²) in [5.41, 5.74) is 5.31. The topological polar surface area (TPSA) is 67.2 Å². The van der Waals surface area contributed by atoms with E-state index in [0.29, 0.717) is 6.42 Å². The first-order chi connectivity index (χ1) is 11.0. The van der Waals surface area contributed by atoms with Gasteiger partial charge in [0, 0.05) is 30.3 Å². The summed E-state index contributed by atoms with van der Waals surface area (Å²) in [6.07, 6.45) is 3.61. The highest BCUT2D eigenvalue weighted by molar-refractivity contribution is 5.74. The molecule has 1 atom stereocenters. The number of rotatable bonds is 7. The molecule has 5 nitrogen and oxygen atoms in total. The highest BCUT2D eigenvalue weighted by atomic mass is 16.5. The van der Waals surface area contributed by atoms with Crippen LogP contribution in [0.1, 0.15) is 55.5 Å². The van der Waals surface area contributed by atoms with Crippen LogP contribution in [0.3, 0.4) is 0 Å². The smallest absolute Gasteiger partial charge is 0.243 e. The Kier molecular flexibility index (Phi) is 5.93. The minimum absolute atomic E-state index is 0.180. The van der Waals surface area contributed by atoms with Crippen LogP contribution in [-0.2, 0) is 11.2 Å². The summed E-state index contributed by atoms with van der Waals surface area (Å²) in [5, 5.41) is 13.1. The number of aryl methyl sites for hydroxylation is 1. The first-order valence-electron chi connectivity index (χ1n) is 8.03. The van der Waals surface area contributed by atoms with E-state index in [1.807, 2.05) is 16.9 Å². The van der Waals surface area contributed by atoms with E-state index >= 15 is 0 Å². The zero-order chi connectivity index (χ0) is 16.8. The van der Waals surface area contributed by atoms with Crippen molar-refractivity contribution in [1.29, 1.82) is 0 Å². The third kappa shape index (κ3) is 4.66. The number of nitrogens with one attached hydrogen (secondary N) is 1. The first kappa shape index (κ1) is 17.2. The Labute approximate surface area is 137 Å². The molecule has 2 N–H and O–H groups in total. The average Bonchev–Trinajstić information content (AvgIpc) is 3.02. The summed E-state index contributed by atoms with van der Waals surface area (Å²) in [7, 11) is 0. The number of hydroxylamine groups is 1. The van der Waals surface area contributed by atoms with Gasteiger partial charge in [0.15, 0.2) is 0 Å². The Hall–Kier alpha value is -2.14. The van der Waals surface area contributed by atoms with Crippen LogP contribution in [0.25, 0.3) is 0 Å². The Morgan fingerprint density at radius 3 is 2.57 bits per heavy atom. The highest BCUT2D eigenvalue weighted by Gasteiger charge is 2.19. The minimum Gasteiger partial charge on any atom is -0.289 e. The van der Waals surface area contributed by atoms with Crippen molar-refractivity contribution in [2.75, 3.05) is 0 Å². The minimum atomic E-state index is -0.352. The van der Waals surface area contributed by atoms with E-state index in [4.69, 9.17) is 5.21 Å². The number of carbonyl (C=O) groups excluding carboxylic acids is 1. The van der Waals surface area contributed by atoms with Gasteiger partial charge in [-0.3, -0.25) is 14.7 Å². The zero-order valence-electron chi connectivity index (χ0n) is 14.0. The van der Waals surface area contributed by atoms with Crippen molar-refractivity contribution in [3.63, 3.8) is 0 Å². The Balaban J connectivity index is 2.21. The SMILES string of the molecule is Cc1ccc(C[C@@H](CCC(=O)NO)c2ccnn2C(C)C)cc1. The lowest BCUT2D eigenvalue weighted by Gasteiger charge is -2.20. The molecule has 0 radical (unpaired) electrons. The van der Waals surface area contributed by atoms with Crippen LogP contribution in [0, 0.1) is 6.92 Å². The van der Waals surface area contributed by atoms with E-state index in [1.165, 1.54) is 11.1 Å². The third-order valence-corrected chi connectivity index (χ3v) is 4.06. The maximum absolute atomic E-state index is 11.4. The van der Waals surface area contributed by atoms with Crippen LogP contribution in [-0.4, -0.2) is 20.9 Å². The molecule has 0 fully saturated rings. The molecule has 0 saturated heterocycles. The molecule has 0 aliphatic rings. The largest absolute Gasteiger partial charge is 0.289 e. The van der Waals surface area contributed by atoms with Gasteiger partial charge in [-0.25, -0.2) is 5.48 Å². The molecule has 1 aromatic carbocycles. The molecule has 23 heavy (non-hydrogen) atoms. The fourth-order valence-electron chi connectivity index (χ4n) is 2.80. The van der Waals surface area contributed by atoms with Gasteiger partial charge in [-0.15, -0.1) is 0 Å². The van der Waals surface area contributed by atoms with E-state index in [1.54, 1.807) is 5.48 Å². The second-order valence-electron chi connectivity index (χ2n) is 6.25. The van der Waals surface area contributed by atoms with Gasteiger partial charge in [-0.05, 0) is 45.2 Å². The van der Waals surface area contributed by atoms with Crippen LogP contribution in [0.15, 0.2) is 36.5 Å². The van der Waals surface area contributed by atoms with Gasteiger partial charge in [-0.1, -0.05) is 29.8 Å². The molecule has 0 aliphatic carbocycles. The molecule has 2 rings (SSSR count). The Morgan fingerprint density at radius 2 is 1.96 bits per heavy atom. The van der Waals surface area contributed by atoms with Crippen molar-refractivity contribution in [3.8, 4) is 0 Å². The van der Waals surface area contributed by atoms with Crippen LogP contribution in [0.2, 0.25) is 0 Å². The lowest BCUT2D eigenvalue weighted by molar-refractivity contribution is -0.129. The predicted octanol–water partition coefficient (Wildman–Crippen LogP) is 3.38. The summed E-state index contributed by atoms with van der Waals surface area (Å²) < 4.78 is 2.01. The van der Waals surface area contributed by atoms with E-state index in [-0.39, 0.29) is 24.3 Å². The summed E-state index contributed by atoms with van der Waals surface area (Å²) in [6, 6.07) is 10.8. The molecule has 1 aromatic heterocycles. The van der Waals surface area contributed by atoms with E-state index in [2.05, 4.69) is 50.1 Å². The molecular formula is C18H25N3O2. The third-order valence-electron chi connectivity index (χ3n) is 4.06. The van der Waals surface area contributed by atoms with Gasteiger partial charge in [-0.2, -0.15) is 5.10 Å². The van der Waals surface area contributed by atoms with Crippen molar-refractivity contribution in [3.05, 3.63) is 53.3 Å². The predicted molar refractivity (Wildman–Crippen MR) is 89.4 cm³/mol. The molecule has 0 bridgehead atoms. The number of benzene rings is 1. The monoisotopic (exact) mass is 315 g/mol.